The van der Waals surface area contributed by atoms with E-state index in [0.717, 1.165) is 12.8 Å². The van der Waals surface area contributed by atoms with E-state index in [1.54, 1.807) is 6.20 Å². The van der Waals surface area contributed by atoms with Gasteiger partial charge < -0.3 is 5.32 Å². The van der Waals surface area contributed by atoms with Crippen LogP contribution in [0.5, 0.6) is 0 Å². The number of carbonyl (C=O) groups is 1. The van der Waals surface area contributed by atoms with Crippen molar-refractivity contribution in [3.63, 3.8) is 0 Å². The van der Waals surface area contributed by atoms with Crippen molar-refractivity contribution < 1.29 is 4.79 Å². The Morgan fingerprint density at radius 1 is 1.69 bits per heavy atom. The number of amides is 1. The van der Waals surface area contributed by atoms with Gasteiger partial charge in [0.25, 0.3) is 5.91 Å². The SMILES string of the molecule is CC1(NC(=O)c2nccs2)CCC1. The van der Waals surface area contributed by atoms with Crippen LogP contribution < -0.4 is 5.32 Å². The minimum absolute atomic E-state index is 0.0304. The van der Waals surface area contributed by atoms with Crippen LogP contribution in [0.25, 0.3) is 0 Å². The van der Waals surface area contributed by atoms with Crippen molar-refractivity contribution in [1.29, 1.82) is 0 Å². The molecule has 1 aromatic rings. The van der Waals surface area contributed by atoms with Crippen LogP contribution in [-0.4, -0.2) is 16.4 Å². The largest absolute Gasteiger partial charge is 0.345 e. The first-order valence-electron chi connectivity index (χ1n) is 4.42. The first kappa shape index (κ1) is 8.69. The lowest BCUT2D eigenvalue weighted by atomic mass is 9.78. The van der Waals surface area contributed by atoms with Crippen molar-refractivity contribution in [2.75, 3.05) is 0 Å². The zero-order valence-corrected chi connectivity index (χ0v) is 8.36. The molecule has 1 aliphatic carbocycles. The van der Waals surface area contributed by atoms with Gasteiger partial charge in [0.2, 0.25) is 0 Å². The van der Waals surface area contributed by atoms with Crippen LogP contribution in [0.2, 0.25) is 0 Å². The smallest absolute Gasteiger partial charge is 0.280 e. The molecule has 1 aromatic heterocycles. The second-order valence-corrected chi connectivity index (χ2v) is 4.60. The lowest BCUT2D eigenvalue weighted by molar-refractivity contribution is 0.0850. The summed E-state index contributed by atoms with van der Waals surface area (Å²) < 4.78 is 0. The summed E-state index contributed by atoms with van der Waals surface area (Å²) in [6.45, 7) is 2.09. The van der Waals surface area contributed by atoms with Crippen molar-refractivity contribution >= 4 is 17.2 Å². The third kappa shape index (κ3) is 1.72. The first-order chi connectivity index (χ1) is 6.20. The average Bonchev–Trinajstić information content (AvgIpc) is 2.53. The third-order valence-corrected chi connectivity index (χ3v) is 3.27. The molecule has 13 heavy (non-hydrogen) atoms. The van der Waals surface area contributed by atoms with Crippen molar-refractivity contribution in [2.24, 2.45) is 0 Å². The minimum Gasteiger partial charge on any atom is -0.345 e. The van der Waals surface area contributed by atoms with Crippen molar-refractivity contribution in [3.8, 4) is 0 Å². The van der Waals surface area contributed by atoms with Crippen LogP contribution in [0, 0.1) is 0 Å². The highest BCUT2D eigenvalue weighted by atomic mass is 32.1. The van der Waals surface area contributed by atoms with Gasteiger partial charge in [0.05, 0.1) is 0 Å². The molecule has 3 nitrogen and oxygen atoms in total. The van der Waals surface area contributed by atoms with Gasteiger partial charge in [0.15, 0.2) is 5.01 Å². The molecular formula is C9H12N2OS. The number of hydrogen-bond donors (Lipinski definition) is 1. The van der Waals surface area contributed by atoms with Crippen molar-refractivity contribution in [2.45, 2.75) is 31.7 Å². The summed E-state index contributed by atoms with van der Waals surface area (Å²) in [5.74, 6) is -0.0304. The molecule has 1 aliphatic rings. The maximum absolute atomic E-state index is 11.6. The van der Waals surface area contributed by atoms with E-state index in [1.165, 1.54) is 17.8 Å². The van der Waals surface area contributed by atoms with Crippen LogP contribution in [0.15, 0.2) is 11.6 Å². The second-order valence-electron chi connectivity index (χ2n) is 3.71. The first-order valence-corrected chi connectivity index (χ1v) is 5.30. The molecule has 70 valence electrons. The van der Waals surface area contributed by atoms with Gasteiger partial charge in [-0.05, 0) is 26.2 Å². The Morgan fingerprint density at radius 3 is 2.92 bits per heavy atom. The van der Waals surface area contributed by atoms with Crippen LogP contribution in [0.3, 0.4) is 0 Å². The molecule has 1 heterocycles. The lowest BCUT2D eigenvalue weighted by Gasteiger charge is -2.38. The summed E-state index contributed by atoms with van der Waals surface area (Å²) in [4.78, 5) is 15.5. The van der Waals surface area contributed by atoms with Gasteiger partial charge in [-0.2, -0.15) is 0 Å². The Kier molecular flexibility index (Phi) is 2.07. The monoisotopic (exact) mass is 196 g/mol. The van der Waals surface area contributed by atoms with Gasteiger partial charge in [-0.3, -0.25) is 4.79 Å². The summed E-state index contributed by atoms with van der Waals surface area (Å²) in [5, 5.41) is 5.38. The molecule has 4 heteroatoms. The molecule has 0 saturated heterocycles. The van der Waals surface area contributed by atoms with E-state index < -0.39 is 0 Å². The van der Waals surface area contributed by atoms with E-state index in [9.17, 15) is 4.79 Å². The standard InChI is InChI=1S/C9H12N2OS/c1-9(3-2-4-9)11-7(12)8-10-5-6-13-8/h5-6H,2-4H2,1H3,(H,11,12). The Balaban J connectivity index is 1.99. The highest BCUT2D eigenvalue weighted by Crippen LogP contribution is 2.31. The number of nitrogens with one attached hydrogen (secondary N) is 1. The van der Waals surface area contributed by atoms with Gasteiger partial charge in [0.1, 0.15) is 0 Å². The molecule has 0 atom stereocenters. The normalized spacial score (nSPS) is 19.2. The van der Waals surface area contributed by atoms with E-state index in [-0.39, 0.29) is 11.4 Å². The Bertz CT molecular complexity index is 303. The number of hydrogen-bond acceptors (Lipinski definition) is 3. The highest BCUT2D eigenvalue weighted by Gasteiger charge is 2.33. The molecular weight excluding hydrogens is 184 g/mol. The number of aromatic nitrogens is 1. The molecule has 1 fully saturated rings. The Morgan fingerprint density at radius 2 is 2.46 bits per heavy atom. The molecule has 0 unspecified atom stereocenters. The van der Waals surface area contributed by atoms with Gasteiger partial charge in [-0.1, -0.05) is 0 Å². The number of rotatable bonds is 2. The highest BCUT2D eigenvalue weighted by molar-refractivity contribution is 7.11. The Hall–Kier alpha value is -0.900. The zero-order valence-electron chi connectivity index (χ0n) is 7.54. The lowest BCUT2D eigenvalue weighted by Crippen LogP contribution is -2.50. The summed E-state index contributed by atoms with van der Waals surface area (Å²) >= 11 is 1.38. The third-order valence-electron chi connectivity index (χ3n) is 2.50. The average molecular weight is 196 g/mol. The van der Waals surface area contributed by atoms with Gasteiger partial charge in [0, 0.05) is 17.1 Å². The van der Waals surface area contributed by atoms with Crippen molar-refractivity contribution in [1.82, 2.24) is 10.3 Å². The molecule has 0 aliphatic heterocycles. The predicted octanol–water partition coefficient (Wildman–Crippen LogP) is 1.82. The van der Waals surface area contributed by atoms with Crippen LogP contribution >= 0.6 is 11.3 Å². The van der Waals surface area contributed by atoms with E-state index >= 15 is 0 Å². The minimum atomic E-state index is -0.0304. The van der Waals surface area contributed by atoms with Crippen molar-refractivity contribution in [3.05, 3.63) is 16.6 Å². The second kappa shape index (κ2) is 3.10. The van der Waals surface area contributed by atoms with Gasteiger partial charge in [-0.15, -0.1) is 11.3 Å². The predicted molar refractivity (Wildman–Crippen MR) is 51.8 cm³/mol. The van der Waals surface area contributed by atoms with E-state index in [2.05, 4.69) is 17.2 Å². The molecule has 1 amide bonds. The molecule has 0 bridgehead atoms. The fraction of sp³-hybridized carbons (Fsp3) is 0.556. The van der Waals surface area contributed by atoms with E-state index in [1.807, 2.05) is 5.38 Å². The van der Waals surface area contributed by atoms with Crippen LogP contribution in [0.4, 0.5) is 0 Å². The Labute approximate surface area is 81.2 Å². The summed E-state index contributed by atoms with van der Waals surface area (Å²) in [6.07, 6.45) is 5.05. The molecule has 0 aromatic carbocycles. The molecule has 0 radical (unpaired) electrons. The number of nitrogens with zero attached hydrogens (tertiary/aromatic N) is 1. The maximum Gasteiger partial charge on any atom is 0.280 e. The van der Waals surface area contributed by atoms with E-state index in [0.29, 0.717) is 5.01 Å². The zero-order chi connectivity index (χ0) is 9.31. The maximum atomic E-state index is 11.6. The quantitative estimate of drug-likeness (QED) is 0.784. The van der Waals surface area contributed by atoms with Crippen LogP contribution in [-0.2, 0) is 0 Å². The van der Waals surface area contributed by atoms with E-state index in [4.69, 9.17) is 0 Å². The fourth-order valence-electron chi connectivity index (χ4n) is 1.50. The summed E-state index contributed by atoms with van der Waals surface area (Å²) in [7, 11) is 0. The van der Waals surface area contributed by atoms with Gasteiger partial charge >= 0.3 is 0 Å². The molecule has 1 N–H and O–H groups in total. The number of carbonyl (C=O) groups excluding carboxylic acids is 1. The summed E-state index contributed by atoms with van der Waals surface area (Å²) in [5.41, 5.74) is 0.0305. The molecule has 0 spiro atoms. The number of thiazole rings is 1. The van der Waals surface area contributed by atoms with Crippen LogP contribution in [0.1, 0.15) is 36.0 Å². The fourth-order valence-corrected chi connectivity index (χ4v) is 2.03. The summed E-state index contributed by atoms with van der Waals surface area (Å²) in [6, 6.07) is 0. The molecule has 1 saturated carbocycles. The topological polar surface area (TPSA) is 42.0 Å². The molecule has 2 rings (SSSR count). The van der Waals surface area contributed by atoms with Gasteiger partial charge in [-0.25, -0.2) is 4.98 Å².